The third kappa shape index (κ3) is 1.81. The van der Waals surface area contributed by atoms with Gasteiger partial charge >= 0.3 is 0 Å². The average molecular weight is 174 g/mol. The first kappa shape index (κ1) is 8.52. The van der Waals surface area contributed by atoms with Crippen molar-refractivity contribution in [3.8, 4) is 0 Å². The Balaban J connectivity index is 2.24. The number of benzene rings is 1. The molecular weight excluding hydrogens is 160 g/mol. The van der Waals surface area contributed by atoms with Crippen molar-refractivity contribution in [1.29, 1.82) is 0 Å². The highest BCUT2D eigenvalue weighted by Crippen LogP contribution is 2.28. The van der Waals surface area contributed by atoms with Crippen molar-refractivity contribution in [2.75, 3.05) is 0 Å². The maximum atomic E-state index is 8.99. The molecule has 1 atom stereocenters. The van der Waals surface area contributed by atoms with Gasteiger partial charge in [0.25, 0.3) is 0 Å². The molecule has 0 spiro atoms. The lowest BCUT2D eigenvalue weighted by Gasteiger charge is -2.08. The lowest BCUT2D eigenvalue weighted by molar-refractivity contribution is 0.281. The van der Waals surface area contributed by atoms with Crippen LogP contribution in [0.5, 0.6) is 0 Å². The Kier molecular flexibility index (Phi) is 2.46. The molecule has 1 heteroatoms. The van der Waals surface area contributed by atoms with Crippen LogP contribution in [0.3, 0.4) is 0 Å². The van der Waals surface area contributed by atoms with Gasteiger partial charge < -0.3 is 5.11 Å². The predicted molar refractivity (Wildman–Crippen MR) is 53.5 cm³/mol. The number of allylic oxidation sites excluding steroid dienone is 2. The van der Waals surface area contributed by atoms with Crippen LogP contribution in [0.2, 0.25) is 0 Å². The van der Waals surface area contributed by atoms with Crippen LogP contribution < -0.4 is 0 Å². The summed E-state index contributed by atoms with van der Waals surface area (Å²) in [6.07, 6.45) is 6.90. The topological polar surface area (TPSA) is 20.2 Å². The van der Waals surface area contributed by atoms with E-state index in [0.29, 0.717) is 5.92 Å². The van der Waals surface area contributed by atoms with Crippen molar-refractivity contribution in [1.82, 2.24) is 0 Å². The Bertz CT molecular complexity index is 315. The molecule has 1 unspecified atom stereocenters. The molecular formula is C12H14O. The summed E-state index contributed by atoms with van der Waals surface area (Å²) in [5.74, 6) is 0.575. The lowest BCUT2D eigenvalue weighted by atomic mass is 9.97. The van der Waals surface area contributed by atoms with Crippen LogP contribution in [0.1, 0.15) is 29.9 Å². The number of hydrogen-bond acceptors (Lipinski definition) is 1. The molecule has 68 valence electrons. The minimum absolute atomic E-state index is 0.143. The van der Waals surface area contributed by atoms with Gasteiger partial charge in [0.1, 0.15) is 0 Å². The van der Waals surface area contributed by atoms with Crippen molar-refractivity contribution in [3.63, 3.8) is 0 Å². The normalized spacial score (nSPS) is 20.8. The van der Waals surface area contributed by atoms with E-state index in [-0.39, 0.29) is 6.61 Å². The van der Waals surface area contributed by atoms with Crippen LogP contribution in [-0.4, -0.2) is 5.11 Å². The summed E-state index contributed by atoms with van der Waals surface area (Å²) < 4.78 is 0. The fraction of sp³-hybridized carbons (Fsp3) is 0.333. The molecule has 0 bridgehead atoms. The zero-order chi connectivity index (χ0) is 9.10. The number of aliphatic hydroxyl groups is 1. The Hall–Kier alpha value is -1.08. The second-order valence-electron chi connectivity index (χ2n) is 3.52. The Labute approximate surface area is 78.7 Å². The van der Waals surface area contributed by atoms with E-state index in [1.807, 2.05) is 12.1 Å². The van der Waals surface area contributed by atoms with Crippen LogP contribution in [0.15, 0.2) is 36.4 Å². The highest BCUT2D eigenvalue weighted by molar-refractivity contribution is 5.30. The molecule has 0 saturated heterocycles. The van der Waals surface area contributed by atoms with E-state index in [0.717, 1.165) is 5.56 Å². The molecule has 0 heterocycles. The molecule has 1 N–H and O–H groups in total. The maximum absolute atomic E-state index is 8.99. The van der Waals surface area contributed by atoms with Gasteiger partial charge in [-0.3, -0.25) is 0 Å². The molecule has 0 radical (unpaired) electrons. The van der Waals surface area contributed by atoms with Crippen molar-refractivity contribution < 1.29 is 5.11 Å². The molecule has 1 nitrogen and oxygen atoms in total. The molecule has 0 fully saturated rings. The lowest BCUT2D eigenvalue weighted by Crippen LogP contribution is -1.92. The first-order valence-electron chi connectivity index (χ1n) is 4.76. The number of aliphatic hydroxyl groups excluding tert-OH is 1. The number of hydrogen-bond donors (Lipinski definition) is 1. The molecule has 0 aliphatic heterocycles. The van der Waals surface area contributed by atoms with Crippen LogP contribution in [0.25, 0.3) is 0 Å². The van der Waals surface area contributed by atoms with Gasteiger partial charge in [-0.15, -0.1) is 0 Å². The van der Waals surface area contributed by atoms with Gasteiger partial charge in [0, 0.05) is 5.92 Å². The fourth-order valence-corrected chi connectivity index (χ4v) is 1.83. The first-order chi connectivity index (χ1) is 6.40. The van der Waals surface area contributed by atoms with Gasteiger partial charge in [0.15, 0.2) is 0 Å². The van der Waals surface area contributed by atoms with Crippen LogP contribution in [-0.2, 0) is 6.61 Å². The van der Waals surface area contributed by atoms with Gasteiger partial charge in [-0.1, -0.05) is 36.4 Å². The predicted octanol–water partition coefficient (Wildman–Crippen LogP) is 2.61. The zero-order valence-corrected chi connectivity index (χ0v) is 7.61. The second kappa shape index (κ2) is 3.75. The second-order valence-corrected chi connectivity index (χ2v) is 3.52. The zero-order valence-electron chi connectivity index (χ0n) is 7.61. The fourth-order valence-electron chi connectivity index (χ4n) is 1.83. The summed E-state index contributed by atoms with van der Waals surface area (Å²) in [6, 6.07) is 8.22. The Morgan fingerprint density at radius 2 is 2.31 bits per heavy atom. The summed E-state index contributed by atoms with van der Waals surface area (Å²) >= 11 is 0. The number of rotatable bonds is 2. The molecule has 2 rings (SSSR count). The van der Waals surface area contributed by atoms with E-state index in [4.69, 9.17) is 5.11 Å². The summed E-state index contributed by atoms with van der Waals surface area (Å²) in [5.41, 5.74) is 2.35. The summed E-state index contributed by atoms with van der Waals surface area (Å²) in [7, 11) is 0. The minimum atomic E-state index is 0.143. The van der Waals surface area contributed by atoms with Gasteiger partial charge in [0.2, 0.25) is 0 Å². The Morgan fingerprint density at radius 1 is 1.38 bits per heavy atom. The molecule has 1 aliphatic rings. The average Bonchev–Trinajstić information content (AvgIpc) is 2.71. The third-order valence-electron chi connectivity index (χ3n) is 2.57. The third-order valence-corrected chi connectivity index (χ3v) is 2.57. The van der Waals surface area contributed by atoms with Gasteiger partial charge in [-0.2, -0.15) is 0 Å². The van der Waals surface area contributed by atoms with Crippen molar-refractivity contribution >= 4 is 0 Å². The monoisotopic (exact) mass is 174 g/mol. The highest BCUT2D eigenvalue weighted by atomic mass is 16.3. The van der Waals surface area contributed by atoms with Crippen LogP contribution in [0, 0.1) is 0 Å². The van der Waals surface area contributed by atoms with Gasteiger partial charge in [-0.25, -0.2) is 0 Å². The van der Waals surface area contributed by atoms with E-state index < -0.39 is 0 Å². The van der Waals surface area contributed by atoms with Gasteiger partial charge in [0.05, 0.1) is 6.61 Å². The van der Waals surface area contributed by atoms with Crippen molar-refractivity contribution in [2.45, 2.75) is 25.4 Å². The summed E-state index contributed by atoms with van der Waals surface area (Å²) in [5, 5.41) is 8.99. The van der Waals surface area contributed by atoms with Crippen LogP contribution in [0.4, 0.5) is 0 Å². The smallest absolute Gasteiger partial charge is 0.0681 e. The Morgan fingerprint density at radius 3 is 3.00 bits per heavy atom. The summed E-state index contributed by atoms with van der Waals surface area (Å²) in [4.78, 5) is 0. The van der Waals surface area contributed by atoms with Crippen LogP contribution >= 0.6 is 0 Å². The first-order valence-corrected chi connectivity index (χ1v) is 4.76. The molecule has 0 saturated carbocycles. The van der Waals surface area contributed by atoms with E-state index >= 15 is 0 Å². The van der Waals surface area contributed by atoms with E-state index in [2.05, 4.69) is 24.3 Å². The van der Waals surface area contributed by atoms with Crippen molar-refractivity contribution in [2.24, 2.45) is 0 Å². The largest absolute Gasteiger partial charge is 0.392 e. The quantitative estimate of drug-likeness (QED) is 0.683. The minimum Gasteiger partial charge on any atom is -0.392 e. The summed E-state index contributed by atoms with van der Waals surface area (Å²) in [6.45, 7) is 0.143. The standard InChI is InChI=1S/C12H14O/c13-9-10-4-3-7-12(8-10)11-5-1-2-6-11/h1,3-5,7-8,11,13H,2,6,9H2. The molecule has 0 aromatic heterocycles. The molecule has 1 aliphatic carbocycles. The van der Waals surface area contributed by atoms with Crippen molar-refractivity contribution in [3.05, 3.63) is 47.5 Å². The molecule has 0 amide bonds. The van der Waals surface area contributed by atoms with E-state index in [9.17, 15) is 0 Å². The maximum Gasteiger partial charge on any atom is 0.0681 e. The SMILES string of the molecule is OCc1cccc(C2C=CCC2)c1. The van der Waals surface area contributed by atoms with Gasteiger partial charge in [-0.05, 0) is 24.0 Å². The highest BCUT2D eigenvalue weighted by Gasteiger charge is 2.11. The molecule has 1 aromatic carbocycles. The molecule has 13 heavy (non-hydrogen) atoms. The molecule has 1 aromatic rings. The van der Waals surface area contributed by atoms with E-state index in [1.165, 1.54) is 18.4 Å². The van der Waals surface area contributed by atoms with E-state index in [1.54, 1.807) is 0 Å².